The highest BCUT2D eigenvalue weighted by Crippen LogP contribution is 2.40. The van der Waals surface area contributed by atoms with Crippen LogP contribution in [0.4, 0.5) is 5.82 Å². The predicted octanol–water partition coefficient (Wildman–Crippen LogP) is 3.41. The van der Waals surface area contributed by atoms with Crippen LogP contribution in [0.5, 0.6) is 5.88 Å². The summed E-state index contributed by atoms with van der Waals surface area (Å²) in [6.07, 6.45) is 7.28. The molecule has 4 heterocycles. The maximum Gasteiger partial charge on any atom is 0.257 e. The lowest BCUT2D eigenvalue weighted by molar-refractivity contribution is -0.139. The van der Waals surface area contributed by atoms with Gasteiger partial charge in [0.25, 0.3) is 5.91 Å². The molecule has 1 unspecified atom stereocenters. The molecule has 1 saturated carbocycles. The molecule has 0 bridgehead atoms. The molecule has 0 radical (unpaired) electrons. The summed E-state index contributed by atoms with van der Waals surface area (Å²) in [5, 5.41) is 8.53. The van der Waals surface area contributed by atoms with Gasteiger partial charge in [-0.05, 0) is 38.2 Å². The van der Waals surface area contributed by atoms with Crippen LogP contribution in [0.3, 0.4) is 0 Å². The minimum Gasteiger partial charge on any atom is -0.473 e. The minimum absolute atomic E-state index is 0.0155. The second kappa shape index (κ2) is 8.83. The van der Waals surface area contributed by atoms with Crippen molar-refractivity contribution < 1.29 is 14.3 Å². The molecule has 7 heteroatoms. The Labute approximate surface area is 183 Å². The maximum absolute atomic E-state index is 12.7. The van der Waals surface area contributed by atoms with Gasteiger partial charge in [-0.2, -0.15) is 0 Å². The summed E-state index contributed by atoms with van der Waals surface area (Å²) in [6.45, 7) is 2.39. The van der Waals surface area contributed by atoms with Crippen molar-refractivity contribution in [1.82, 2.24) is 15.1 Å². The Morgan fingerprint density at radius 2 is 1.61 bits per heavy atom. The number of piperidine rings is 1. The van der Waals surface area contributed by atoms with Crippen molar-refractivity contribution >= 4 is 11.7 Å². The summed E-state index contributed by atoms with van der Waals surface area (Å²) in [7, 11) is 0. The number of benzene rings is 1. The van der Waals surface area contributed by atoms with E-state index in [0.717, 1.165) is 64.0 Å². The van der Waals surface area contributed by atoms with E-state index in [1.165, 1.54) is 6.42 Å². The quantitative estimate of drug-likeness (QED) is 0.755. The summed E-state index contributed by atoms with van der Waals surface area (Å²) in [4.78, 5) is 16.8. The van der Waals surface area contributed by atoms with E-state index in [2.05, 4.69) is 15.1 Å². The largest absolute Gasteiger partial charge is 0.473 e. The van der Waals surface area contributed by atoms with Crippen LogP contribution in [-0.4, -0.2) is 58.6 Å². The molecule has 4 fully saturated rings. The standard InChI is InChI=1S/C18H24N4O3.C6H6/c23-17-18(25-16-5-2-10-22(16)17)8-11-21(12-9-18)14-6-7-15(20-19-14)24-13-3-1-4-13;1-2-4-6-5-3-1/h6-7,13,16H,1-5,8-12H2;1-6H. The molecule has 31 heavy (non-hydrogen) atoms. The number of carbonyl (C=O) groups excluding carboxylic acids is 1. The normalized spacial score (nSPS) is 24.4. The first kappa shape index (κ1) is 20.2. The second-order valence-corrected chi connectivity index (χ2v) is 8.75. The zero-order valence-electron chi connectivity index (χ0n) is 17.9. The first-order valence-corrected chi connectivity index (χ1v) is 11.5. The molecule has 6 rings (SSSR count). The molecule has 7 nitrogen and oxygen atoms in total. The van der Waals surface area contributed by atoms with Crippen molar-refractivity contribution in [3.63, 3.8) is 0 Å². The van der Waals surface area contributed by atoms with Gasteiger partial charge in [-0.15, -0.1) is 10.2 Å². The number of fused-ring (bicyclic) bond motifs is 1. The van der Waals surface area contributed by atoms with Gasteiger partial charge in [0.15, 0.2) is 11.4 Å². The van der Waals surface area contributed by atoms with Gasteiger partial charge in [-0.25, -0.2) is 0 Å². The number of amides is 1. The highest BCUT2D eigenvalue weighted by atomic mass is 16.6. The molecule has 3 saturated heterocycles. The molecule has 3 aliphatic heterocycles. The van der Waals surface area contributed by atoms with E-state index < -0.39 is 5.60 Å². The second-order valence-electron chi connectivity index (χ2n) is 8.75. The molecule has 0 N–H and O–H groups in total. The summed E-state index contributed by atoms with van der Waals surface area (Å²) in [5.74, 6) is 1.66. The SMILES string of the molecule is O=C1N2CCCC2OC12CCN(c1ccc(OC3CCC3)nn1)CC2.c1ccccc1. The third-order valence-electron chi connectivity index (χ3n) is 6.74. The Morgan fingerprint density at radius 3 is 2.16 bits per heavy atom. The van der Waals surface area contributed by atoms with Crippen LogP contribution >= 0.6 is 0 Å². The fourth-order valence-electron chi connectivity index (χ4n) is 4.68. The molecule has 1 spiro atoms. The summed E-state index contributed by atoms with van der Waals surface area (Å²) in [5.41, 5.74) is -0.595. The Morgan fingerprint density at radius 1 is 0.903 bits per heavy atom. The van der Waals surface area contributed by atoms with Crippen molar-refractivity contribution in [2.45, 2.75) is 62.9 Å². The van der Waals surface area contributed by atoms with Gasteiger partial charge in [0.2, 0.25) is 5.88 Å². The van der Waals surface area contributed by atoms with Crippen molar-refractivity contribution in [3.05, 3.63) is 48.5 Å². The molecule has 1 amide bonds. The highest BCUT2D eigenvalue weighted by molar-refractivity contribution is 5.87. The van der Waals surface area contributed by atoms with E-state index >= 15 is 0 Å². The molecular formula is C24H30N4O3. The fourth-order valence-corrected chi connectivity index (χ4v) is 4.68. The van der Waals surface area contributed by atoms with Crippen LogP contribution in [0.15, 0.2) is 48.5 Å². The summed E-state index contributed by atoms with van der Waals surface area (Å²) < 4.78 is 11.9. The van der Waals surface area contributed by atoms with Crippen molar-refractivity contribution in [3.8, 4) is 5.88 Å². The molecule has 1 atom stereocenters. The monoisotopic (exact) mass is 422 g/mol. The number of nitrogens with zero attached hydrogens (tertiary/aromatic N) is 4. The van der Waals surface area contributed by atoms with E-state index in [1.807, 2.05) is 53.4 Å². The predicted molar refractivity (Wildman–Crippen MR) is 117 cm³/mol. The Balaban J connectivity index is 0.000000296. The van der Waals surface area contributed by atoms with Crippen molar-refractivity contribution in [1.29, 1.82) is 0 Å². The van der Waals surface area contributed by atoms with E-state index in [9.17, 15) is 4.79 Å². The van der Waals surface area contributed by atoms with Crippen LogP contribution in [0, 0.1) is 0 Å². The van der Waals surface area contributed by atoms with Gasteiger partial charge in [0.05, 0.1) is 0 Å². The topological polar surface area (TPSA) is 67.8 Å². The van der Waals surface area contributed by atoms with E-state index in [-0.39, 0.29) is 12.1 Å². The number of rotatable bonds is 3. The van der Waals surface area contributed by atoms with Gasteiger partial charge in [-0.3, -0.25) is 4.79 Å². The number of hydrogen-bond acceptors (Lipinski definition) is 6. The van der Waals surface area contributed by atoms with Crippen molar-refractivity contribution in [2.24, 2.45) is 0 Å². The van der Waals surface area contributed by atoms with Gasteiger partial charge in [0, 0.05) is 38.5 Å². The van der Waals surface area contributed by atoms with Crippen LogP contribution in [0.1, 0.15) is 44.9 Å². The van der Waals surface area contributed by atoms with Gasteiger partial charge in [-0.1, -0.05) is 36.4 Å². The average Bonchev–Trinajstić information content (AvgIpc) is 3.35. The summed E-state index contributed by atoms with van der Waals surface area (Å²) in [6, 6.07) is 15.9. The van der Waals surface area contributed by atoms with E-state index in [0.29, 0.717) is 12.0 Å². The molecule has 1 aromatic heterocycles. The highest BCUT2D eigenvalue weighted by Gasteiger charge is 2.55. The number of ether oxygens (including phenoxy) is 2. The molecule has 1 aromatic carbocycles. The average molecular weight is 423 g/mol. The lowest BCUT2D eigenvalue weighted by Crippen LogP contribution is -2.50. The third-order valence-corrected chi connectivity index (χ3v) is 6.74. The number of carbonyl (C=O) groups is 1. The first-order chi connectivity index (χ1) is 15.2. The van der Waals surface area contributed by atoms with Crippen LogP contribution in [0.2, 0.25) is 0 Å². The molecule has 164 valence electrons. The maximum atomic E-state index is 12.7. The van der Waals surface area contributed by atoms with Gasteiger partial charge < -0.3 is 19.3 Å². The third kappa shape index (κ3) is 4.24. The van der Waals surface area contributed by atoms with Crippen LogP contribution in [-0.2, 0) is 9.53 Å². The molecule has 2 aromatic rings. The lowest BCUT2D eigenvalue weighted by atomic mass is 9.90. The molecule has 4 aliphatic rings. The summed E-state index contributed by atoms with van der Waals surface area (Å²) >= 11 is 0. The fraction of sp³-hybridized carbons (Fsp3) is 0.542. The lowest BCUT2D eigenvalue weighted by Gasteiger charge is -2.37. The van der Waals surface area contributed by atoms with Gasteiger partial charge >= 0.3 is 0 Å². The van der Waals surface area contributed by atoms with Crippen molar-refractivity contribution in [2.75, 3.05) is 24.5 Å². The van der Waals surface area contributed by atoms with Gasteiger partial charge in [0.1, 0.15) is 12.3 Å². The minimum atomic E-state index is -0.595. The zero-order chi connectivity index (χ0) is 21.1. The zero-order valence-corrected chi connectivity index (χ0v) is 17.9. The Kier molecular flexibility index (Phi) is 5.76. The number of aromatic nitrogens is 2. The first-order valence-electron chi connectivity index (χ1n) is 11.5. The smallest absolute Gasteiger partial charge is 0.257 e. The molecule has 1 aliphatic carbocycles. The van der Waals surface area contributed by atoms with Crippen LogP contribution in [0.25, 0.3) is 0 Å². The van der Waals surface area contributed by atoms with E-state index in [4.69, 9.17) is 9.47 Å². The Bertz CT molecular complexity index is 837. The number of anilines is 1. The van der Waals surface area contributed by atoms with Crippen LogP contribution < -0.4 is 9.64 Å². The van der Waals surface area contributed by atoms with E-state index in [1.54, 1.807) is 0 Å². The number of hydrogen-bond donors (Lipinski definition) is 0. The Hall–Kier alpha value is -2.67. The molecular weight excluding hydrogens is 392 g/mol.